The second kappa shape index (κ2) is 5.85. The summed E-state index contributed by atoms with van der Waals surface area (Å²) in [5, 5.41) is 9.06. The number of hydrogen-bond donors (Lipinski definition) is 1. The Morgan fingerprint density at radius 2 is 1.83 bits per heavy atom. The summed E-state index contributed by atoms with van der Waals surface area (Å²) < 4.78 is 5.73. The summed E-state index contributed by atoms with van der Waals surface area (Å²) in [7, 11) is 0. The average Bonchev–Trinajstić information content (AvgIpc) is 2.45. The molecule has 2 aromatic rings. The first kappa shape index (κ1) is 12.2. The molecule has 0 fully saturated rings. The molecule has 90 valence electrons. The number of rotatable bonds is 4. The molecule has 2 aromatic carbocycles. The molecule has 0 radical (unpaired) electrons. The van der Waals surface area contributed by atoms with Gasteiger partial charge in [-0.2, -0.15) is 5.26 Å². The molecule has 0 heterocycles. The molecule has 2 N–H and O–H groups in total. The molecule has 0 aromatic heterocycles. The van der Waals surface area contributed by atoms with Gasteiger partial charge in [-0.3, -0.25) is 0 Å². The summed E-state index contributed by atoms with van der Waals surface area (Å²) in [4.78, 5) is 0. The Kier molecular flexibility index (Phi) is 3.95. The normalized spacial score (nSPS) is 9.78. The molecule has 0 spiro atoms. The molecule has 0 aliphatic carbocycles. The summed E-state index contributed by atoms with van der Waals surface area (Å²) in [6, 6.07) is 17.4. The van der Waals surface area contributed by atoms with Crippen LogP contribution >= 0.6 is 0 Å². The summed E-state index contributed by atoms with van der Waals surface area (Å²) in [5.41, 5.74) is 8.09. The van der Waals surface area contributed by atoms with Gasteiger partial charge in [-0.05, 0) is 11.6 Å². The molecule has 0 amide bonds. The number of nitrogens with two attached hydrogens (primary N) is 1. The van der Waals surface area contributed by atoms with E-state index < -0.39 is 0 Å². The van der Waals surface area contributed by atoms with Gasteiger partial charge >= 0.3 is 0 Å². The van der Waals surface area contributed by atoms with E-state index >= 15 is 0 Å². The smallest absolute Gasteiger partial charge is 0.142 e. The minimum atomic E-state index is 0.361. The molecule has 3 heteroatoms. The Hall–Kier alpha value is -2.31. The van der Waals surface area contributed by atoms with E-state index in [4.69, 9.17) is 15.7 Å². The molecular formula is C15H14N2O. The van der Waals surface area contributed by atoms with Crippen LogP contribution in [0.25, 0.3) is 0 Å². The average molecular weight is 238 g/mol. The van der Waals surface area contributed by atoms with Crippen molar-refractivity contribution in [2.45, 2.75) is 13.2 Å². The Labute approximate surface area is 106 Å². The third kappa shape index (κ3) is 2.68. The van der Waals surface area contributed by atoms with Gasteiger partial charge in [0.2, 0.25) is 0 Å². The lowest BCUT2D eigenvalue weighted by molar-refractivity contribution is 0.302. The molecule has 3 nitrogen and oxygen atoms in total. The largest absolute Gasteiger partial charge is 0.487 e. The van der Waals surface area contributed by atoms with Gasteiger partial charge in [-0.1, -0.05) is 42.5 Å². The van der Waals surface area contributed by atoms with Crippen molar-refractivity contribution in [1.29, 1.82) is 5.26 Å². The first-order valence-corrected chi connectivity index (χ1v) is 5.74. The van der Waals surface area contributed by atoms with Crippen molar-refractivity contribution >= 4 is 0 Å². The van der Waals surface area contributed by atoms with Gasteiger partial charge in [0.15, 0.2) is 0 Å². The summed E-state index contributed by atoms with van der Waals surface area (Å²) >= 11 is 0. The van der Waals surface area contributed by atoms with Crippen LogP contribution in [0.15, 0.2) is 48.5 Å². The molecule has 0 aliphatic heterocycles. The van der Waals surface area contributed by atoms with Crippen LogP contribution < -0.4 is 10.5 Å². The van der Waals surface area contributed by atoms with Gasteiger partial charge in [0, 0.05) is 12.1 Å². The van der Waals surface area contributed by atoms with Crippen molar-refractivity contribution in [2.75, 3.05) is 0 Å². The summed E-state index contributed by atoms with van der Waals surface area (Å²) in [6.07, 6.45) is 0. The fourth-order valence-corrected chi connectivity index (χ4v) is 1.73. The number of nitriles is 1. The number of hydrogen-bond acceptors (Lipinski definition) is 3. The van der Waals surface area contributed by atoms with Crippen LogP contribution in [0.2, 0.25) is 0 Å². The van der Waals surface area contributed by atoms with Crippen LogP contribution in [0.5, 0.6) is 5.75 Å². The number of nitrogens with zero attached hydrogens (tertiary/aromatic N) is 1. The van der Waals surface area contributed by atoms with Crippen LogP contribution in [-0.4, -0.2) is 0 Å². The Balaban J connectivity index is 2.21. The topological polar surface area (TPSA) is 59.0 Å². The lowest BCUT2D eigenvalue weighted by Gasteiger charge is -2.11. The van der Waals surface area contributed by atoms with Gasteiger partial charge in [-0.15, -0.1) is 0 Å². The first-order chi connectivity index (χ1) is 8.85. The highest BCUT2D eigenvalue weighted by molar-refractivity contribution is 5.48. The second-order valence-corrected chi connectivity index (χ2v) is 3.88. The van der Waals surface area contributed by atoms with Gasteiger partial charge in [0.05, 0.1) is 5.56 Å². The van der Waals surface area contributed by atoms with Crippen molar-refractivity contribution in [1.82, 2.24) is 0 Å². The Morgan fingerprint density at radius 3 is 2.50 bits per heavy atom. The molecule has 0 unspecified atom stereocenters. The van der Waals surface area contributed by atoms with Gasteiger partial charge < -0.3 is 10.5 Å². The molecule has 0 saturated heterocycles. The Bertz CT molecular complexity index is 558. The maximum atomic E-state index is 9.06. The van der Waals surface area contributed by atoms with E-state index in [0.29, 0.717) is 24.5 Å². The van der Waals surface area contributed by atoms with Crippen molar-refractivity contribution in [3.8, 4) is 11.8 Å². The minimum absolute atomic E-state index is 0.361. The quantitative estimate of drug-likeness (QED) is 0.890. The second-order valence-electron chi connectivity index (χ2n) is 3.88. The first-order valence-electron chi connectivity index (χ1n) is 5.74. The van der Waals surface area contributed by atoms with Gasteiger partial charge in [-0.25, -0.2) is 0 Å². The molecule has 0 saturated carbocycles. The summed E-state index contributed by atoms with van der Waals surface area (Å²) in [5.74, 6) is 0.589. The highest BCUT2D eigenvalue weighted by Crippen LogP contribution is 2.24. The van der Waals surface area contributed by atoms with Gasteiger partial charge in [0.25, 0.3) is 0 Å². The summed E-state index contributed by atoms with van der Waals surface area (Å²) in [6.45, 7) is 0.798. The molecule has 0 bridgehead atoms. The van der Waals surface area contributed by atoms with Crippen LogP contribution in [0.4, 0.5) is 0 Å². The fraction of sp³-hybridized carbons (Fsp3) is 0.133. The van der Waals surface area contributed by atoms with Crippen LogP contribution in [0.3, 0.4) is 0 Å². The third-order valence-electron chi connectivity index (χ3n) is 2.66. The lowest BCUT2D eigenvalue weighted by atomic mass is 10.1. The molecular weight excluding hydrogens is 224 g/mol. The van der Waals surface area contributed by atoms with Gasteiger partial charge in [0.1, 0.15) is 18.4 Å². The van der Waals surface area contributed by atoms with Crippen molar-refractivity contribution in [2.24, 2.45) is 5.73 Å². The van der Waals surface area contributed by atoms with E-state index in [1.807, 2.05) is 42.5 Å². The highest BCUT2D eigenvalue weighted by Gasteiger charge is 2.08. The third-order valence-corrected chi connectivity index (χ3v) is 2.66. The maximum absolute atomic E-state index is 9.06. The van der Waals surface area contributed by atoms with E-state index in [9.17, 15) is 0 Å². The van der Waals surface area contributed by atoms with Crippen LogP contribution in [0.1, 0.15) is 16.7 Å². The maximum Gasteiger partial charge on any atom is 0.142 e. The highest BCUT2D eigenvalue weighted by atomic mass is 16.5. The SMILES string of the molecule is N#Cc1cccc(CN)c1OCc1ccccc1. The van der Waals surface area contributed by atoms with E-state index in [2.05, 4.69) is 6.07 Å². The Morgan fingerprint density at radius 1 is 1.06 bits per heavy atom. The van der Waals surface area contributed by atoms with Crippen LogP contribution in [-0.2, 0) is 13.2 Å². The van der Waals surface area contributed by atoms with E-state index in [1.54, 1.807) is 6.07 Å². The minimum Gasteiger partial charge on any atom is -0.487 e. The van der Waals surface area contributed by atoms with Crippen LogP contribution in [0, 0.1) is 11.3 Å². The number of benzene rings is 2. The zero-order chi connectivity index (χ0) is 12.8. The molecule has 2 rings (SSSR count). The van der Waals surface area contributed by atoms with Crippen molar-refractivity contribution in [3.63, 3.8) is 0 Å². The molecule has 18 heavy (non-hydrogen) atoms. The lowest BCUT2D eigenvalue weighted by Crippen LogP contribution is -2.04. The number of para-hydroxylation sites is 1. The fourth-order valence-electron chi connectivity index (χ4n) is 1.73. The standard InChI is InChI=1S/C15H14N2O/c16-9-13-7-4-8-14(10-17)15(13)18-11-12-5-2-1-3-6-12/h1-8H,9,11,16H2. The predicted octanol–water partition coefficient (Wildman–Crippen LogP) is 2.60. The monoisotopic (exact) mass is 238 g/mol. The zero-order valence-corrected chi connectivity index (χ0v) is 9.97. The molecule has 0 atom stereocenters. The van der Waals surface area contributed by atoms with Crippen molar-refractivity contribution < 1.29 is 4.74 Å². The zero-order valence-electron chi connectivity index (χ0n) is 9.97. The molecule has 0 aliphatic rings. The van der Waals surface area contributed by atoms with E-state index in [-0.39, 0.29) is 0 Å². The predicted molar refractivity (Wildman–Crippen MR) is 69.8 cm³/mol. The van der Waals surface area contributed by atoms with Crippen molar-refractivity contribution in [3.05, 3.63) is 65.2 Å². The van der Waals surface area contributed by atoms with E-state index in [0.717, 1.165) is 11.1 Å². The van der Waals surface area contributed by atoms with E-state index in [1.165, 1.54) is 0 Å². The number of ether oxygens (including phenoxy) is 1.